The quantitative estimate of drug-likeness (QED) is 0.697. The van der Waals surface area contributed by atoms with Gasteiger partial charge in [-0.1, -0.05) is 18.2 Å². The second-order valence-corrected chi connectivity index (χ2v) is 7.12. The summed E-state index contributed by atoms with van der Waals surface area (Å²) < 4.78 is 33.0. The Morgan fingerprint density at radius 3 is 1.96 bits per heavy atom. The molecule has 3 aromatic rings. The number of ether oxygens (including phenoxy) is 1. The Morgan fingerprint density at radius 2 is 1.38 bits per heavy atom. The molecule has 1 amide bonds. The van der Waals surface area contributed by atoms with Gasteiger partial charge in [0.25, 0.3) is 10.0 Å². The summed E-state index contributed by atoms with van der Waals surface area (Å²) >= 11 is 0. The van der Waals surface area contributed by atoms with Crippen LogP contribution in [0.1, 0.15) is 10.4 Å². The predicted molar refractivity (Wildman–Crippen MR) is 98.7 cm³/mol. The van der Waals surface area contributed by atoms with Crippen molar-refractivity contribution in [1.82, 2.24) is 0 Å². The Morgan fingerprint density at radius 1 is 0.808 bits per heavy atom. The molecule has 0 aliphatic heterocycles. The number of nitrogens with one attached hydrogen (secondary N) is 1. The third-order valence-corrected chi connectivity index (χ3v) is 4.93. The number of hydrogen-bond donors (Lipinski definition) is 2. The molecule has 0 saturated heterocycles. The molecule has 6 nitrogen and oxygen atoms in total. The lowest BCUT2D eigenvalue weighted by atomic mass is 10.2. The van der Waals surface area contributed by atoms with Gasteiger partial charge < -0.3 is 10.5 Å². The van der Waals surface area contributed by atoms with Crippen molar-refractivity contribution in [3.63, 3.8) is 0 Å². The number of benzene rings is 3. The van der Waals surface area contributed by atoms with E-state index >= 15 is 0 Å². The van der Waals surface area contributed by atoms with Crippen LogP contribution in [0.2, 0.25) is 0 Å². The van der Waals surface area contributed by atoms with E-state index in [4.69, 9.17) is 10.5 Å². The van der Waals surface area contributed by atoms with E-state index in [2.05, 4.69) is 4.72 Å². The first-order valence-corrected chi connectivity index (χ1v) is 9.18. The van der Waals surface area contributed by atoms with E-state index < -0.39 is 15.9 Å². The number of carbonyl (C=O) groups is 1. The van der Waals surface area contributed by atoms with Crippen molar-refractivity contribution < 1.29 is 17.9 Å². The third-order valence-electron chi connectivity index (χ3n) is 3.53. The number of para-hydroxylation sites is 1. The van der Waals surface area contributed by atoms with E-state index in [1.165, 1.54) is 36.4 Å². The van der Waals surface area contributed by atoms with E-state index in [-0.39, 0.29) is 4.90 Å². The standard InChI is InChI=1S/C19H16N2O4S/c20-19(22)14-6-8-15(9-7-14)21-26(23,24)18-12-10-17(11-13-18)25-16-4-2-1-3-5-16/h1-13,21H,(H2,20,22). The summed E-state index contributed by atoms with van der Waals surface area (Å²) in [6.07, 6.45) is 0. The van der Waals surface area contributed by atoms with Gasteiger partial charge in [-0.05, 0) is 60.7 Å². The van der Waals surface area contributed by atoms with Crippen LogP contribution >= 0.6 is 0 Å². The molecule has 26 heavy (non-hydrogen) atoms. The molecule has 7 heteroatoms. The molecule has 0 aliphatic rings. The van der Waals surface area contributed by atoms with Crippen molar-refractivity contribution >= 4 is 21.6 Å². The topological polar surface area (TPSA) is 98.5 Å². The fraction of sp³-hybridized carbons (Fsp3) is 0. The number of hydrogen-bond acceptors (Lipinski definition) is 4. The molecule has 0 heterocycles. The van der Waals surface area contributed by atoms with Crippen molar-refractivity contribution in [2.45, 2.75) is 4.90 Å². The summed E-state index contributed by atoms with van der Waals surface area (Å²) in [5.74, 6) is 0.616. The highest BCUT2D eigenvalue weighted by atomic mass is 32.2. The maximum Gasteiger partial charge on any atom is 0.261 e. The molecular formula is C19H16N2O4S. The first-order valence-electron chi connectivity index (χ1n) is 7.70. The zero-order chi connectivity index (χ0) is 18.6. The van der Waals surface area contributed by atoms with Gasteiger partial charge in [-0.15, -0.1) is 0 Å². The van der Waals surface area contributed by atoms with Crippen molar-refractivity contribution in [3.05, 3.63) is 84.4 Å². The lowest BCUT2D eigenvalue weighted by Gasteiger charge is -2.10. The summed E-state index contributed by atoms with van der Waals surface area (Å²) in [6, 6.07) is 21.1. The number of nitrogens with two attached hydrogens (primary N) is 1. The normalized spacial score (nSPS) is 10.9. The van der Waals surface area contributed by atoms with Gasteiger partial charge in [0.2, 0.25) is 5.91 Å². The van der Waals surface area contributed by atoms with Gasteiger partial charge >= 0.3 is 0 Å². The molecule has 3 aromatic carbocycles. The molecule has 0 aromatic heterocycles. The van der Waals surface area contributed by atoms with Gasteiger partial charge in [-0.25, -0.2) is 8.42 Å². The van der Waals surface area contributed by atoms with Gasteiger partial charge in [-0.3, -0.25) is 9.52 Å². The molecular weight excluding hydrogens is 352 g/mol. The highest BCUT2D eigenvalue weighted by Gasteiger charge is 2.14. The van der Waals surface area contributed by atoms with E-state index in [0.717, 1.165) is 0 Å². The Labute approximate surface area is 151 Å². The number of primary amides is 1. The van der Waals surface area contributed by atoms with Crippen LogP contribution in [0.3, 0.4) is 0 Å². The number of sulfonamides is 1. The average molecular weight is 368 g/mol. The summed E-state index contributed by atoms with van der Waals surface area (Å²) in [5, 5.41) is 0. The Kier molecular flexibility index (Phi) is 4.90. The maximum absolute atomic E-state index is 12.4. The lowest BCUT2D eigenvalue weighted by molar-refractivity contribution is 0.100. The molecule has 0 radical (unpaired) electrons. The van der Waals surface area contributed by atoms with Gasteiger partial charge in [0.05, 0.1) is 4.90 Å². The Bertz CT molecular complexity index is 1000. The van der Waals surface area contributed by atoms with Gasteiger partial charge in [0.1, 0.15) is 11.5 Å². The van der Waals surface area contributed by atoms with Gasteiger partial charge in [-0.2, -0.15) is 0 Å². The van der Waals surface area contributed by atoms with Crippen molar-refractivity contribution in [2.24, 2.45) is 5.73 Å². The molecule has 0 bridgehead atoms. The highest BCUT2D eigenvalue weighted by Crippen LogP contribution is 2.23. The number of amides is 1. The summed E-state index contributed by atoms with van der Waals surface area (Å²) in [6.45, 7) is 0. The van der Waals surface area contributed by atoms with E-state index in [9.17, 15) is 13.2 Å². The monoisotopic (exact) mass is 368 g/mol. The molecule has 132 valence electrons. The van der Waals surface area contributed by atoms with Gasteiger partial charge in [0, 0.05) is 11.3 Å². The van der Waals surface area contributed by atoms with Crippen LogP contribution in [-0.2, 0) is 10.0 Å². The zero-order valence-corrected chi connectivity index (χ0v) is 14.4. The molecule has 0 atom stereocenters. The van der Waals surface area contributed by atoms with E-state index in [1.54, 1.807) is 12.1 Å². The van der Waals surface area contributed by atoms with Crippen molar-refractivity contribution in [1.29, 1.82) is 0 Å². The van der Waals surface area contributed by atoms with E-state index in [1.807, 2.05) is 30.3 Å². The highest BCUT2D eigenvalue weighted by molar-refractivity contribution is 7.92. The molecule has 3 rings (SSSR count). The van der Waals surface area contributed by atoms with E-state index in [0.29, 0.717) is 22.7 Å². The minimum absolute atomic E-state index is 0.0943. The van der Waals surface area contributed by atoms with Crippen molar-refractivity contribution in [3.8, 4) is 11.5 Å². The van der Waals surface area contributed by atoms with Crippen LogP contribution in [0.25, 0.3) is 0 Å². The van der Waals surface area contributed by atoms with Crippen LogP contribution in [0.4, 0.5) is 5.69 Å². The molecule has 0 fully saturated rings. The molecule has 0 unspecified atom stereocenters. The Balaban J connectivity index is 1.73. The molecule has 3 N–H and O–H groups in total. The third kappa shape index (κ3) is 4.20. The molecule has 0 aliphatic carbocycles. The fourth-order valence-electron chi connectivity index (χ4n) is 2.23. The summed E-state index contributed by atoms with van der Waals surface area (Å²) in [7, 11) is -3.76. The van der Waals surface area contributed by atoms with Gasteiger partial charge in [0.15, 0.2) is 0 Å². The second kappa shape index (κ2) is 7.28. The number of rotatable bonds is 6. The van der Waals surface area contributed by atoms with Crippen LogP contribution in [0.5, 0.6) is 11.5 Å². The Hall–Kier alpha value is -3.32. The van der Waals surface area contributed by atoms with Crippen LogP contribution in [0.15, 0.2) is 83.8 Å². The van der Waals surface area contributed by atoms with Crippen LogP contribution < -0.4 is 15.2 Å². The lowest BCUT2D eigenvalue weighted by Crippen LogP contribution is -2.14. The van der Waals surface area contributed by atoms with Crippen LogP contribution in [0, 0.1) is 0 Å². The SMILES string of the molecule is NC(=O)c1ccc(NS(=O)(=O)c2ccc(Oc3ccccc3)cc2)cc1. The zero-order valence-electron chi connectivity index (χ0n) is 13.6. The number of anilines is 1. The molecule has 0 saturated carbocycles. The first kappa shape index (κ1) is 17.5. The minimum atomic E-state index is -3.76. The minimum Gasteiger partial charge on any atom is -0.457 e. The summed E-state index contributed by atoms with van der Waals surface area (Å²) in [4.78, 5) is 11.1. The predicted octanol–water partition coefficient (Wildman–Crippen LogP) is 3.38. The maximum atomic E-state index is 12.4. The first-order chi connectivity index (χ1) is 12.4. The largest absolute Gasteiger partial charge is 0.457 e. The smallest absolute Gasteiger partial charge is 0.261 e. The summed E-state index contributed by atoms with van der Waals surface area (Å²) in [5.41, 5.74) is 5.80. The fourth-order valence-corrected chi connectivity index (χ4v) is 3.29. The number of carbonyl (C=O) groups excluding carboxylic acids is 1. The average Bonchev–Trinajstić information content (AvgIpc) is 2.63. The van der Waals surface area contributed by atoms with Crippen LogP contribution in [-0.4, -0.2) is 14.3 Å². The molecule has 0 spiro atoms. The second-order valence-electron chi connectivity index (χ2n) is 5.43. The van der Waals surface area contributed by atoms with Crippen molar-refractivity contribution in [2.75, 3.05) is 4.72 Å².